The Bertz CT molecular complexity index is 1190. The van der Waals surface area contributed by atoms with E-state index < -0.39 is 16.1 Å². The summed E-state index contributed by atoms with van der Waals surface area (Å²) in [5.41, 5.74) is 3.55. The van der Waals surface area contributed by atoms with Crippen LogP contribution in [0.2, 0.25) is 0 Å². The number of anilines is 1. The summed E-state index contributed by atoms with van der Waals surface area (Å²) in [5.74, 6) is -0.242. The van der Waals surface area contributed by atoms with Crippen LogP contribution in [0.3, 0.4) is 0 Å². The van der Waals surface area contributed by atoms with Crippen LogP contribution in [0.1, 0.15) is 75.0 Å². The zero-order chi connectivity index (χ0) is 27.7. The smallest absolute Gasteiger partial charge is 0.243 e. The van der Waals surface area contributed by atoms with Gasteiger partial charge in [0.05, 0.1) is 11.9 Å². The van der Waals surface area contributed by atoms with Crippen molar-refractivity contribution in [3.05, 3.63) is 65.2 Å². The summed E-state index contributed by atoms with van der Waals surface area (Å²) in [6.45, 7) is 6.35. The molecule has 2 amide bonds. The Hall–Kier alpha value is -2.87. The van der Waals surface area contributed by atoms with Crippen LogP contribution in [-0.4, -0.2) is 50.0 Å². The number of nitrogens with one attached hydrogen (secondary N) is 1. The van der Waals surface area contributed by atoms with Crippen molar-refractivity contribution in [3.63, 3.8) is 0 Å². The highest BCUT2D eigenvalue weighted by Gasteiger charge is 2.30. The van der Waals surface area contributed by atoms with E-state index in [1.54, 1.807) is 11.0 Å². The normalized spacial score (nSPS) is 15.1. The number of benzene rings is 2. The summed E-state index contributed by atoms with van der Waals surface area (Å²) in [6, 6.07) is 14.9. The summed E-state index contributed by atoms with van der Waals surface area (Å²) in [7, 11) is -3.52. The zero-order valence-electron chi connectivity index (χ0n) is 23.3. The predicted molar refractivity (Wildman–Crippen MR) is 153 cm³/mol. The first-order chi connectivity index (χ1) is 18.1. The van der Waals surface area contributed by atoms with Gasteiger partial charge in [0.2, 0.25) is 21.8 Å². The molecule has 2 aromatic carbocycles. The minimum Gasteiger partial charge on any atom is -0.352 e. The van der Waals surface area contributed by atoms with Crippen LogP contribution in [0.4, 0.5) is 5.69 Å². The quantitative estimate of drug-likeness (QED) is 0.405. The molecule has 3 rings (SSSR count). The van der Waals surface area contributed by atoms with Crippen LogP contribution in [0.25, 0.3) is 0 Å². The minimum absolute atomic E-state index is 0.0990. The monoisotopic (exact) mass is 541 g/mol. The van der Waals surface area contributed by atoms with Gasteiger partial charge in [-0.3, -0.25) is 13.9 Å². The van der Waals surface area contributed by atoms with Crippen LogP contribution in [0.15, 0.2) is 48.5 Å². The number of nitrogens with zero attached hydrogens (tertiary/aromatic N) is 2. The molecule has 0 aliphatic heterocycles. The molecule has 1 aliphatic rings. The van der Waals surface area contributed by atoms with E-state index in [1.807, 2.05) is 63.2 Å². The van der Waals surface area contributed by atoms with Crippen molar-refractivity contribution in [3.8, 4) is 0 Å². The first-order valence-electron chi connectivity index (χ1n) is 13.8. The molecule has 0 bridgehead atoms. The molecular weight excluding hydrogens is 498 g/mol. The van der Waals surface area contributed by atoms with E-state index in [0.717, 1.165) is 42.4 Å². The summed E-state index contributed by atoms with van der Waals surface area (Å²) < 4.78 is 26.5. The number of rotatable bonds is 12. The molecule has 38 heavy (non-hydrogen) atoms. The molecule has 1 fully saturated rings. The molecule has 0 spiro atoms. The maximum atomic E-state index is 13.6. The fourth-order valence-corrected chi connectivity index (χ4v) is 6.32. The SMILES string of the molecule is CC[C@@H](C(=O)NC1CCCCC1)N(Cc1cccc(C)c1)C(=O)CCCN(c1ccccc1C)S(C)(=O)=O. The summed E-state index contributed by atoms with van der Waals surface area (Å²) in [6.07, 6.45) is 7.60. The summed E-state index contributed by atoms with van der Waals surface area (Å²) in [4.78, 5) is 28.7. The number of sulfonamides is 1. The molecular formula is C30H43N3O4S. The average Bonchev–Trinajstić information content (AvgIpc) is 2.87. The Morgan fingerprint density at radius 1 is 1.03 bits per heavy atom. The Morgan fingerprint density at radius 2 is 1.74 bits per heavy atom. The Kier molecular flexibility index (Phi) is 10.8. The Labute approximate surface area is 228 Å². The van der Waals surface area contributed by atoms with Crippen molar-refractivity contribution in [2.24, 2.45) is 0 Å². The molecule has 1 aliphatic carbocycles. The highest BCUT2D eigenvalue weighted by molar-refractivity contribution is 7.92. The van der Waals surface area contributed by atoms with Crippen molar-refractivity contribution < 1.29 is 18.0 Å². The average molecular weight is 542 g/mol. The van der Waals surface area contributed by atoms with E-state index in [2.05, 4.69) is 5.32 Å². The van der Waals surface area contributed by atoms with Crippen LogP contribution in [-0.2, 0) is 26.2 Å². The standard InChI is InChI=1S/C30H43N3O4S/c1-5-27(30(35)31-26-16-7-6-8-17-26)32(22-25-15-11-13-23(2)21-25)29(34)19-12-20-33(38(4,36)37)28-18-10-9-14-24(28)3/h9-11,13-15,18,21,26-27H,5-8,12,16-17,19-20,22H2,1-4H3,(H,31,35)/t27-/m0/s1. The maximum absolute atomic E-state index is 13.6. The van der Waals surface area contributed by atoms with Gasteiger partial charge in [-0.1, -0.05) is 74.2 Å². The van der Waals surface area contributed by atoms with Crippen LogP contribution in [0.5, 0.6) is 0 Å². The molecule has 0 heterocycles. The van der Waals surface area contributed by atoms with E-state index in [-0.39, 0.29) is 30.8 Å². The summed E-state index contributed by atoms with van der Waals surface area (Å²) in [5, 5.41) is 3.20. The molecule has 1 atom stereocenters. The second-order valence-electron chi connectivity index (χ2n) is 10.5. The number of hydrogen-bond donors (Lipinski definition) is 1. The molecule has 2 aromatic rings. The molecule has 8 heteroatoms. The van der Waals surface area contributed by atoms with Gasteiger partial charge in [-0.2, -0.15) is 0 Å². The maximum Gasteiger partial charge on any atom is 0.243 e. The number of amides is 2. The van der Waals surface area contributed by atoms with Gasteiger partial charge in [0.1, 0.15) is 6.04 Å². The summed E-state index contributed by atoms with van der Waals surface area (Å²) >= 11 is 0. The van der Waals surface area contributed by atoms with Crippen molar-refractivity contribution in [1.29, 1.82) is 0 Å². The number of carbonyl (C=O) groups is 2. The molecule has 7 nitrogen and oxygen atoms in total. The molecule has 1 N–H and O–H groups in total. The highest BCUT2D eigenvalue weighted by atomic mass is 32.2. The molecule has 0 aromatic heterocycles. The van der Waals surface area contributed by atoms with Gasteiger partial charge >= 0.3 is 0 Å². The molecule has 208 valence electrons. The number of hydrogen-bond acceptors (Lipinski definition) is 4. The molecule has 1 saturated carbocycles. The van der Waals surface area contributed by atoms with Gasteiger partial charge in [-0.25, -0.2) is 8.42 Å². The number of carbonyl (C=O) groups excluding carboxylic acids is 2. The van der Waals surface area contributed by atoms with Gasteiger partial charge in [-0.15, -0.1) is 0 Å². The molecule has 0 unspecified atom stereocenters. The third kappa shape index (κ3) is 8.32. The third-order valence-corrected chi connectivity index (χ3v) is 8.49. The second kappa shape index (κ2) is 13.8. The third-order valence-electron chi connectivity index (χ3n) is 7.31. The van der Waals surface area contributed by atoms with Crippen molar-refractivity contribution >= 4 is 27.5 Å². The lowest BCUT2D eigenvalue weighted by atomic mass is 9.95. The van der Waals surface area contributed by atoms with Crippen LogP contribution < -0.4 is 9.62 Å². The van der Waals surface area contributed by atoms with E-state index in [0.29, 0.717) is 25.1 Å². The lowest BCUT2D eigenvalue weighted by Crippen LogP contribution is -2.51. The van der Waals surface area contributed by atoms with Gasteiger partial charge in [-0.05, 0) is 56.7 Å². The van der Waals surface area contributed by atoms with E-state index in [9.17, 15) is 18.0 Å². The highest BCUT2D eigenvalue weighted by Crippen LogP contribution is 2.23. The largest absolute Gasteiger partial charge is 0.352 e. The fourth-order valence-electron chi connectivity index (χ4n) is 5.30. The van der Waals surface area contributed by atoms with Gasteiger partial charge in [0.25, 0.3) is 0 Å². The van der Waals surface area contributed by atoms with Crippen LogP contribution >= 0.6 is 0 Å². The van der Waals surface area contributed by atoms with Gasteiger partial charge in [0.15, 0.2) is 0 Å². The van der Waals surface area contributed by atoms with E-state index >= 15 is 0 Å². The molecule has 0 radical (unpaired) electrons. The van der Waals surface area contributed by atoms with Crippen molar-refractivity contribution in [1.82, 2.24) is 10.2 Å². The second-order valence-corrected chi connectivity index (χ2v) is 12.4. The first-order valence-corrected chi connectivity index (χ1v) is 15.6. The van der Waals surface area contributed by atoms with E-state index in [4.69, 9.17) is 0 Å². The predicted octanol–water partition coefficient (Wildman–Crippen LogP) is 5.11. The lowest BCUT2D eigenvalue weighted by molar-refractivity contribution is -0.141. The molecule has 0 saturated heterocycles. The number of aryl methyl sites for hydroxylation is 2. The minimum atomic E-state index is -3.52. The van der Waals surface area contributed by atoms with Gasteiger partial charge in [0, 0.05) is 25.6 Å². The fraction of sp³-hybridized carbons (Fsp3) is 0.533. The van der Waals surface area contributed by atoms with Gasteiger partial charge < -0.3 is 10.2 Å². The topological polar surface area (TPSA) is 86.8 Å². The van der Waals surface area contributed by atoms with Crippen LogP contribution in [0, 0.1) is 13.8 Å². The Morgan fingerprint density at radius 3 is 2.37 bits per heavy atom. The van der Waals surface area contributed by atoms with Crippen molar-refractivity contribution in [2.75, 3.05) is 17.1 Å². The van der Waals surface area contributed by atoms with Crippen molar-refractivity contribution in [2.45, 2.75) is 90.8 Å². The number of para-hydroxylation sites is 1. The first kappa shape index (κ1) is 29.7. The lowest BCUT2D eigenvalue weighted by Gasteiger charge is -2.33. The zero-order valence-corrected chi connectivity index (χ0v) is 24.1. The Balaban J connectivity index is 1.76. The van der Waals surface area contributed by atoms with E-state index in [1.165, 1.54) is 17.0 Å².